The zero-order chi connectivity index (χ0) is 101. The molecule has 0 saturated heterocycles. The topological polar surface area (TPSA) is 377 Å². The van der Waals surface area contributed by atoms with Crippen molar-refractivity contribution in [2.75, 3.05) is 62.4 Å². The molecule has 5 amide bonds. The standard InChI is InChI=1S/C27H38N2O2.C22H35FN2O2.C22H36N2O5.C21H32N2O4.C21H34N2O3/c1-20(2)31-26(25(28)19-22-12-7-4-8-13-22)27(30)29-24-15-9-14-23(18-24)17-16-21-10-5-3-6-11-21;1-15(2)27-21(20(24)14-17-9-5-4-6-10-17)22(26)25-16(3)13-18-11-7-8-12-19(18)23;1-14(2)29-20(17(23)11-15-9-7-6-8-10-15)22(25)24-16-12-18(26-3)21(28-5)19(13-16)27-4;1-14(2)27-20(17(22)12-15-6-4-3-5-7-15)21(24)23-16-8-9-18-19(13-16)26-11-10-25-18;1-4-25-18-12-8-11-17(14-18)23-21(24)20(26-15(2)3)19(22)13-16-9-6-5-7-10-16/h3,5-6,9-11,14-15,18,20,22,25-26H,4,7-8,12-13,16-17,19,28H2,1-2H3,(H,29,30);7-8,11-12,15-17,20-21H,4-6,9-10,13-14,24H2,1-3H3,(H,25,26);12-15,17,20H,6-11,23H2,1-5H3,(H,24,25);8-9,13-15,17,20H,3-7,10-12,22H2,1-2H3,(H,23,24);8,11-12,14-16,19-20H,4-7,9-10,13,22H2,1-3H3,(H,23,24)/t25-,26?;16?,20-,21?;2*17-,20?;19-,20?/m11111/s1. The predicted molar refractivity (Wildman–Crippen MR) is 560 cm³/mol. The van der Waals surface area contributed by atoms with Gasteiger partial charge >= 0.3 is 0 Å². The summed E-state index contributed by atoms with van der Waals surface area (Å²) in [5.74, 6) is 5.18. The summed E-state index contributed by atoms with van der Waals surface area (Å²) < 4.78 is 76.1. The van der Waals surface area contributed by atoms with Gasteiger partial charge in [-0.3, -0.25) is 24.0 Å². The van der Waals surface area contributed by atoms with Crippen LogP contribution in [-0.4, -0.2) is 168 Å². The minimum atomic E-state index is -0.726. The number of halogens is 1. The van der Waals surface area contributed by atoms with Gasteiger partial charge in [-0.2, -0.15) is 0 Å². The first-order valence-electron chi connectivity index (χ1n) is 52.7. The van der Waals surface area contributed by atoms with E-state index in [9.17, 15) is 28.4 Å². The predicted octanol–water partition coefficient (Wildman–Crippen LogP) is 20.8. The zero-order valence-electron chi connectivity index (χ0n) is 87.1. The average molecular weight is 1950 g/mol. The van der Waals surface area contributed by atoms with Crippen LogP contribution in [0.5, 0.6) is 34.5 Å². The Hall–Kier alpha value is -9.00. The zero-order valence-corrected chi connectivity index (χ0v) is 87.1. The van der Waals surface area contributed by atoms with Crippen molar-refractivity contribution in [1.82, 2.24) is 5.32 Å². The Kier molecular flexibility index (Phi) is 52.5. The van der Waals surface area contributed by atoms with Gasteiger partial charge in [0.1, 0.15) is 24.8 Å². The molecule has 1 heterocycles. The van der Waals surface area contributed by atoms with Crippen molar-refractivity contribution in [2.45, 2.75) is 392 Å². The third-order valence-corrected chi connectivity index (χ3v) is 26.7. The van der Waals surface area contributed by atoms with Crippen molar-refractivity contribution in [3.8, 4) is 34.5 Å². The molecule has 5 saturated carbocycles. The van der Waals surface area contributed by atoms with Crippen LogP contribution in [0.25, 0.3) is 0 Å². The number of aryl methyl sites for hydroxylation is 2. The Morgan fingerprint density at radius 1 is 0.357 bits per heavy atom. The largest absolute Gasteiger partial charge is 0.494 e. The number of ether oxygens (including phenoxy) is 11. The molecule has 27 heteroatoms. The number of nitrogens with one attached hydrogen (secondary N) is 5. The highest BCUT2D eigenvalue weighted by Crippen LogP contribution is 2.42. The third-order valence-electron chi connectivity index (χ3n) is 26.7. The number of fused-ring (bicyclic) bond motifs is 1. The molecule has 5 aliphatic carbocycles. The molecule has 780 valence electrons. The Balaban J connectivity index is 0.000000215. The number of carbonyl (C=O) groups is 5. The van der Waals surface area contributed by atoms with Crippen LogP contribution >= 0.6 is 0 Å². The molecule has 12 rings (SSSR count). The van der Waals surface area contributed by atoms with Crippen molar-refractivity contribution in [2.24, 2.45) is 58.3 Å². The van der Waals surface area contributed by atoms with Crippen LogP contribution < -0.4 is 83.7 Å². The maximum Gasteiger partial charge on any atom is 0.255 e. The third kappa shape index (κ3) is 42.1. The highest BCUT2D eigenvalue weighted by molar-refractivity contribution is 5.97. The molecule has 11 atom stereocenters. The summed E-state index contributed by atoms with van der Waals surface area (Å²) in [5.41, 5.74) is 38.0. The van der Waals surface area contributed by atoms with Crippen molar-refractivity contribution >= 4 is 52.3 Å². The van der Waals surface area contributed by atoms with Crippen LogP contribution in [0.2, 0.25) is 0 Å². The molecule has 26 nitrogen and oxygen atoms in total. The Bertz CT molecular complexity index is 4510. The molecule has 6 aromatic carbocycles. The van der Waals surface area contributed by atoms with Crippen molar-refractivity contribution in [3.05, 3.63) is 156 Å². The van der Waals surface area contributed by atoms with E-state index < -0.39 is 30.5 Å². The molecule has 0 spiro atoms. The van der Waals surface area contributed by atoms with Gasteiger partial charge in [-0.1, -0.05) is 227 Å². The van der Waals surface area contributed by atoms with E-state index in [1.54, 1.807) is 36.4 Å². The number of anilines is 4. The van der Waals surface area contributed by atoms with Crippen LogP contribution in [0.4, 0.5) is 27.1 Å². The number of carbonyl (C=O) groups excluding carboxylic acids is 5. The Labute approximate surface area is 836 Å². The number of rotatable bonds is 45. The summed E-state index contributed by atoms with van der Waals surface area (Å²) in [4.78, 5) is 64.8. The molecule has 0 bridgehead atoms. The fourth-order valence-corrected chi connectivity index (χ4v) is 20.0. The van der Waals surface area contributed by atoms with Gasteiger partial charge in [0, 0.05) is 83.3 Å². The lowest BCUT2D eigenvalue weighted by Crippen LogP contribution is -2.52. The van der Waals surface area contributed by atoms with E-state index in [0.717, 1.165) is 56.4 Å². The van der Waals surface area contributed by atoms with E-state index in [1.165, 1.54) is 199 Å². The van der Waals surface area contributed by atoms with Gasteiger partial charge in [-0.25, -0.2) is 4.39 Å². The van der Waals surface area contributed by atoms with E-state index in [1.807, 2.05) is 138 Å². The van der Waals surface area contributed by atoms with Crippen LogP contribution in [0.1, 0.15) is 292 Å². The van der Waals surface area contributed by atoms with Crippen molar-refractivity contribution in [3.63, 3.8) is 0 Å². The molecule has 6 aliphatic rings. The lowest BCUT2D eigenvalue weighted by atomic mass is 9.84. The van der Waals surface area contributed by atoms with E-state index in [2.05, 4.69) is 63.0 Å². The minimum Gasteiger partial charge on any atom is -0.494 e. The first kappa shape index (κ1) is 116. The van der Waals surface area contributed by atoms with Crippen molar-refractivity contribution < 1.29 is 80.5 Å². The highest BCUT2D eigenvalue weighted by atomic mass is 19.1. The molecular weight excluding hydrogens is 1770 g/mol. The fraction of sp³-hybridized carbons (Fsp3) is 0.637. The molecule has 15 N–H and O–H groups in total. The molecule has 6 unspecified atom stereocenters. The quantitative estimate of drug-likeness (QED) is 0.0170. The maximum atomic E-state index is 13.8. The van der Waals surface area contributed by atoms with Crippen LogP contribution in [0.15, 0.2) is 133 Å². The minimum absolute atomic E-state index is 0.0506. The fourth-order valence-electron chi connectivity index (χ4n) is 20.0. The molecule has 0 radical (unpaired) electrons. The maximum absolute atomic E-state index is 13.8. The monoisotopic (exact) mass is 1950 g/mol. The summed E-state index contributed by atoms with van der Waals surface area (Å²) in [5, 5.41) is 14.8. The van der Waals surface area contributed by atoms with Gasteiger partial charge in [0.25, 0.3) is 29.5 Å². The second kappa shape index (κ2) is 63.2. The molecule has 0 aromatic heterocycles. The summed E-state index contributed by atoms with van der Waals surface area (Å²) in [6.07, 6.45) is 33.8. The molecule has 140 heavy (non-hydrogen) atoms. The number of amides is 5. The molecule has 5 fully saturated rings. The van der Waals surface area contributed by atoms with E-state index in [4.69, 9.17) is 80.8 Å². The normalized spacial score (nSPS) is 17.9. The average Bonchev–Trinajstić information content (AvgIpc) is 0.819. The summed E-state index contributed by atoms with van der Waals surface area (Å²) in [6, 6.07) is 39.6. The molecule has 6 aromatic rings. The smallest absolute Gasteiger partial charge is 0.255 e. The molecule has 1 aliphatic heterocycles. The lowest BCUT2D eigenvalue weighted by Gasteiger charge is -2.30. The Morgan fingerprint density at radius 3 is 1.06 bits per heavy atom. The van der Waals surface area contributed by atoms with Crippen LogP contribution in [-0.2, 0) is 66.9 Å². The van der Waals surface area contributed by atoms with Gasteiger partial charge in [0.15, 0.2) is 53.5 Å². The van der Waals surface area contributed by atoms with E-state index in [-0.39, 0.29) is 102 Å². The van der Waals surface area contributed by atoms with Gasteiger partial charge in [0.05, 0.1) is 58.5 Å². The first-order chi connectivity index (χ1) is 67.3. The van der Waals surface area contributed by atoms with Gasteiger partial charge in [-0.15, -0.1) is 0 Å². The van der Waals surface area contributed by atoms with Gasteiger partial charge in [0.2, 0.25) is 5.75 Å². The van der Waals surface area contributed by atoms with Gasteiger partial charge < -0.3 is 107 Å². The summed E-state index contributed by atoms with van der Waals surface area (Å²) >= 11 is 0. The van der Waals surface area contributed by atoms with Crippen molar-refractivity contribution in [1.29, 1.82) is 0 Å². The highest BCUT2D eigenvalue weighted by Gasteiger charge is 2.37. The summed E-state index contributed by atoms with van der Waals surface area (Å²) in [7, 11) is 4.61. The second-order valence-corrected chi connectivity index (χ2v) is 40.6. The van der Waals surface area contributed by atoms with E-state index >= 15 is 0 Å². The second-order valence-electron chi connectivity index (χ2n) is 40.6. The SMILES string of the molecule is CC(C)OC(C(=O)Nc1ccc2c(c1)OCCO2)[C@H](N)CC1CCCCC1.CC(C)OC(C(=O)Nc1cccc(CCc2ccccc2)c1)[C@H](N)CC1CCCCC1.CC(Cc1ccccc1F)NC(=O)C(OC(C)C)[C@H](N)CC1CCCCC1.CCOc1cccc(NC(=O)C(OC(C)C)[C@H](N)CC2CCCCC2)c1.COc1cc(NC(=O)C(OC(C)C)[C@H](N)CC2CCCCC2)cc(OC)c1OC. The number of methoxy groups -OCH3 is 3. The number of benzene rings is 6. The molecular formula is C113H175FN10O16. The number of hydrogen-bond acceptors (Lipinski definition) is 21. The van der Waals surface area contributed by atoms with Crippen LogP contribution in [0, 0.1) is 35.4 Å². The van der Waals surface area contributed by atoms with Crippen LogP contribution in [0.3, 0.4) is 0 Å². The first-order valence-corrected chi connectivity index (χ1v) is 52.7. The Morgan fingerprint density at radius 2 is 0.693 bits per heavy atom. The number of hydrogen-bond donors (Lipinski definition) is 10. The lowest BCUT2D eigenvalue weighted by molar-refractivity contribution is -0.138. The van der Waals surface area contributed by atoms with Gasteiger partial charge in [-0.05, 0) is 223 Å². The number of nitrogens with two attached hydrogens (primary N) is 5. The summed E-state index contributed by atoms with van der Waals surface area (Å²) in [6.45, 7) is 24.7. The van der Waals surface area contributed by atoms with E-state index in [0.29, 0.717) is 107 Å².